The number of rotatable bonds is 2. The molecule has 2 atom stereocenters. The Morgan fingerprint density at radius 1 is 1.24 bits per heavy atom. The molecule has 1 aromatic carbocycles. The van der Waals surface area contributed by atoms with Crippen molar-refractivity contribution in [3.63, 3.8) is 0 Å². The minimum absolute atomic E-state index is 0.178. The van der Waals surface area contributed by atoms with Crippen molar-refractivity contribution in [2.24, 2.45) is 0 Å². The molecular formula is C13H12O4. The quantitative estimate of drug-likeness (QED) is 0.664. The first-order valence-corrected chi connectivity index (χ1v) is 5.14. The number of Topliss-reactive ketones (excluding diaryl/α,β-unsaturated/α-hetero) is 1. The maximum atomic E-state index is 12.1. The first-order chi connectivity index (χ1) is 8.04. The van der Waals surface area contributed by atoms with E-state index in [1.54, 1.807) is 30.3 Å². The van der Waals surface area contributed by atoms with Crippen LogP contribution in [-0.2, 0) is 0 Å². The molecule has 1 aliphatic rings. The molecule has 3 N–H and O–H groups in total. The van der Waals surface area contributed by atoms with Gasteiger partial charge in [-0.1, -0.05) is 30.3 Å². The second-order valence-electron chi connectivity index (χ2n) is 3.89. The first-order valence-electron chi connectivity index (χ1n) is 5.14. The zero-order chi connectivity index (χ0) is 12.5. The number of aliphatic hydroxyl groups is 3. The number of hydrogen-bond donors (Lipinski definition) is 3. The van der Waals surface area contributed by atoms with Crippen LogP contribution in [0.2, 0.25) is 0 Å². The van der Waals surface area contributed by atoms with Gasteiger partial charge in [0.2, 0.25) is 5.78 Å². The average Bonchev–Trinajstić information content (AvgIpc) is 2.34. The van der Waals surface area contributed by atoms with Gasteiger partial charge in [-0.2, -0.15) is 0 Å². The van der Waals surface area contributed by atoms with Gasteiger partial charge in [0.15, 0.2) is 5.60 Å². The van der Waals surface area contributed by atoms with E-state index in [0.717, 1.165) is 12.2 Å². The van der Waals surface area contributed by atoms with Crippen molar-refractivity contribution < 1.29 is 20.1 Å². The van der Waals surface area contributed by atoms with E-state index >= 15 is 0 Å². The zero-order valence-electron chi connectivity index (χ0n) is 8.95. The minimum atomic E-state index is -2.02. The summed E-state index contributed by atoms with van der Waals surface area (Å²) in [6.45, 7) is 0. The third-order valence-corrected chi connectivity index (χ3v) is 2.69. The molecule has 0 amide bonds. The van der Waals surface area contributed by atoms with Crippen molar-refractivity contribution >= 4 is 5.78 Å². The van der Waals surface area contributed by atoms with Crippen LogP contribution in [0.3, 0.4) is 0 Å². The van der Waals surface area contributed by atoms with Crippen molar-refractivity contribution in [1.29, 1.82) is 0 Å². The summed E-state index contributed by atoms with van der Waals surface area (Å²) in [6.07, 6.45) is 1.86. The largest absolute Gasteiger partial charge is 0.508 e. The Kier molecular flexibility index (Phi) is 2.83. The van der Waals surface area contributed by atoms with E-state index < -0.39 is 17.5 Å². The van der Waals surface area contributed by atoms with Gasteiger partial charge < -0.3 is 15.3 Å². The number of ketones is 1. The molecule has 2 unspecified atom stereocenters. The highest BCUT2D eigenvalue weighted by Crippen LogP contribution is 2.25. The maximum absolute atomic E-state index is 12.1. The van der Waals surface area contributed by atoms with Gasteiger partial charge in [-0.05, 0) is 18.2 Å². The van der Waals surface area contributed by atoms with Crippen molar-refractivity contribution in [2.45, 2.75) is 11.7 Å². The van der Waals surface area contributed by atoms with Gasteiger partial charge in [0.25, 0.3) is 0 Å². The second-order valence-corrected chi connectivity index (χ2v) is 3.89. The van der Waals surface area contributed by atoms with Crippen LogP contribution in [-0.4, -0.2) is 32.8 Å². The molecule has 0 saturated carbocycles. The van der Waals surface area contributed by atoms with E-state index in [-0.39, 0.29) is 5.76 Å². The number of carbonyl (C=O) groups excluding carboxylic acids is 1. The molecule has 0 aliphatic heterocycles. The number of carbonyl (C=O) groups is 1. The summed E-state index contributed by atoms with van der Waals surface area (Å²) in [5.74, 6) is -0.784. The van der Waals surface area contributed by atoms with Crippen LogP contribution >= 0.6 is 0 Å². The first kappa shape index (κ1) is 11.6. The molecule has 0 bridgehead atoms. The smallest absolute Gasteiger partial charge is 0.201 e. The van der Waals surface area contributed by atoms with E-state index in [0.29, 0.717) is 5.56 Å². The number of benzene rings is 1. The molecule has 0 heterocycles. The Labute approximate surface area is 98.1 Å². The average molecular weight is 232 g/mol. The van der Waals surface area contributed by atoms with Crippen molar-refractivity contribution in [3.05, 3.63) is 59.9 Å². The monoisotopic (exact) mass is 232 g/mol. The molecule has 0 spiro atoms. The highest BCUT2D eigenvalue weighted by Gasteiger charge is 2.42. The maximum Gasteiger partial charge on any atom is 0.201 e. The Morgan fingerprint density at radius 2 is 1.88 bits per heavy atom. The summed E-state index contributed by atoms with van der Waals surface area (Å²) in [4.78, 5) is 12.1. The van der Waals surface area contributed by atoms with Gasteiger partial charge in [0, 0.05) is 5.56 Å². The van der Waals surface area contributed by atoms with Crippen LogP contribution in [0.5, 0.6) is 0 Å². The van der Waals surface area contributed by atoms with Gasteiger partial charge in [0.1, 0.15) is 11.9 Å². The highest BCUT2D eigenvalue weighted by molar-refractivity contribution is 6.04. The standard InChI is InChI=1S/C13H12O4/c14-10-6-7-13(17,11(15)8-10)12(16)9-4-2-1-3-5-9/h1-8,11,14-15,17H. The molecular weight excluding hydrogens is 220 g/mol. The van der Waals surface area contributed by atoms with E-state index in [9.17, 15) is 15.0 Å². The molecule has 4 nitrogen and oxygen atoms in total. The van der Waals surface area contributed by atoms with Gasteiger partial charge >= 0.3 is 0 Å². The number of aliphatic hydroxyl groups excluding tert-OH is 2. The summed E-state index contributed by atoms with van der Waals surface area (Å²) < 4.78 is 0. The lowest BCUT2D eigenvalue weighted by Crippen LogP contribution is -2.48. The Bertz CT molecular complexity index is 489. The van der Waals surface area contributed by atoms with Crippen molar-refractivity contribution in [1.82, 2.24) is 0 Å². The SMILES string of the molecule is O=C(c1ccccc1)C1(O)C=CC(O)=CC1O. The van der Waals surface area contributed by atoms with Gasteiger partial charge in [-0.25, -0.2) is 0 Å². The summed E-state index contributed by atoms with van der Waals surface area (Å²) in [5, 5.41) is 29.0. The van der Waals surface area contributed by atoms with Crippen LogP contribution in [0.1, 0.15) is 10.4 Å². The summed E-state index contributed by atoms with van der Waals surface area (Å²) in [5.41, 5.74) is -1.72. The van der Waals surface area contributed by atoms with Crippen LogP contribution in [0, 0.1) is 0 Å². The van der Waals surface area contributed by atoms with Gasteiger partial charge in [-0.15, -0.1) is 0 Å². The third-order valence-electron chi connectivity index (χ3n) is 2.69. The Morgan fingerprint density at radius 3 is 2.47 bits per heavy atom. The lowest BCUT2D eigenvalue weighted by Gasteiger charge is -2.29. The fraction of sp³-hybridized carbons (Fsp3) is 0.154. The number of allylic oxidation sites excluding steroid dienone is 1. The summed E-state index contributed by atoms with van der Waals surface area (Å²) in [6, 6.07) is 8.20. The Hall–Kier alpha value is -1.91. The van der Waals surface area contributed by atoms with Gasteiger partial charge in [0.05, 0.1) is 0 Å². The molecule has 0 fully saturated rings. The fourth-order valence-corrected chi connectivity index (χ4v) is 1.69. The van der Waals surface area contributed by atoms with E-state index in [4.69, 9.17) is 5.11 Å². The predicted octanol–water partition coefficient (Wildman–Crippen LogP) is 0.973. The van der Waals surface area contributed by atoms with Crippen molar-refractivity contribution in [3.8, 4) is 0 Å². The predicted molar refractivity (Wildman–Crippen MR) is 61.6 cm³/mol. The summed E-state index contributed by atoms with van der Waals surface area (Å²) >= 11 is 0. The molecule has 17 heavy (non-hydrogen) atoms. The van der Waals surface area contributed by atoms with Crippen LogP contribution in [0.25, 0.3) is 0 Å². The Balaban J connectivity index is 2.35. The normalized spacial score (nSPS) is 27.6. The number of hydrogen-bond acceptors (Lipinski definition) is 4. The lowest BCUT2D eigenvalue weighted by molar-refractivity contribution is -0.00432. The van der Waals surface area contributed by atoms with Crippen LogP contribution < -0.4 is 0 Å². The second kappa shape index (κ2) is 4.16. The highest BCUT2D eigenvalue weighted by atomic mass is 16.4. The molecule has 4 heteroatoms. The topological polar surface area (TPSA) is 77.8 Å². The van der Waals surface area contributed by atoms with Crippen LogP contribution in [0.4, 0.5) is 0 Å². The summed E-state index contributed by atoms with van der Waals surface area (Å²) in [7, 11) is 0. The van der Waals surface area contributed by atoms with E-state index in [1.807, 2.05) is 0 Å². The molecule has 0 radical (unpaired) electrons. The van der Waals surface area contributed by atoms with E-state index in [2.05, 4.69) is 0 Å². The van der Waals surface area contributed by atoms with Crippen LogP contribution in [0.15, 0.2) is 54.3 Å². The lowest BCUT2D eigenvalue weighted by atomic mass is 9.84. The molecule has 0 saturated heterocycles. The fourth-order valence-electron chi connectivity index (χ4n) is 1.69. The van der Waals surface area contributed by atoms with Gasteiger partial charge in [-0.3, -0.25) is 4.79 Å². The van der Waals surface area contributed by atoms with E-state index in [1.165, 1.54) is 6.08 Å². The minimum Gasteiger partial charge on any atom is -0.508 e. The molecule has 2 rings (SSSR count). The molecule has 1 aliphatic carbocycles. The molecule has 88 valence electrons. The van der Waals surface area contributed by atoms with Crippen molar-refractivity contribution in [2.75, 3.05) is 0 Å². The molecule has 0 aromatic heterocycles. The third kappa shape index (κ3) is 2.00. The zero-order valence-corrected chi connectivity index (χ0v) is 8.95. The molecule has 1 aromatic rings.